The molecule has 1 atom stereocenters. The Bertz CT molecular complexity index is 1050. The topological polar surface area (TPSA) is 21.7 Å². The molecule has 2 aliphatic rings. The van der Waals surface area contributed by atoms with Gasteiger partial charge in [-0.15, -0.1) is 0 Å². The Morgan fingerprint density at radius 3 is 2.35 bits per heavy atom. The third-order valence-corrected chi connectivity index (χ3v) is 6.34. The fourth-order valence-electron chi connectivity index (χ4n) is 4.66. The summed E-state index contributed by atoms with van der Waals surface area (Å²) < 4.78 is 12.5. The second-order valence-corrected chi connectivity index (χ2v) is 8.36. The monoisotopic (exact) mass is 411 g/mol. The summed E-state index contributed by atoms with van der Waals surface area (Å²) in [4.78, 5) is 2.47. The maximum absolute atomic E-state index is 6.54. The first-order valence-electron chi connectivity index (χ1n) is 11.3. The standard InChI is InChI=1S/C28H29NO2/c1-21-25-11-5-6-12-26(25)31-28(27(21)22-9-3-2-4-10-22)23-13-15-24(16-14-23)30-20-19-29-17-7-8-18-29/h2-6,9-16,28H,7-8,17-20H2,1H3/t28-/m0/s1. The van der Waals surface area contributed by atoms with E-state index in [4.69, 9.17) is 9.47 Å². The number of likely N-dealkylation sites (tertiary alicyclic amines) is 1. The van der Waals surface area contributed by atoms with Crippen molar-refractivity contribution < 1.29 is 9.47 Å². The van der Waals surface area contributed by atoms with E-state index in [2.05, 4.69) is 84.6 Å². The van der Waals surface area contributed by atoms with Crippen LogP contribution in [-0.4, -0.2) is 31.1 Å². The van der Waals surface area contributed by atoms with Gasteiger partial charge in [0.05, 0.1) is 0 Å². The van der Waals surface area contributed by atoms with Crippen molar-refractivity contribution in [1.29, 1.82) is 0 Å². The van der Waals surface area contributed by atoms with Crippen LogP contribution in [0.2, 0.25) is 0 Å². The second-order valence-electron chi connectivity index (χ2n) is 8.36. The highest BCUT2D eigenvalue weighted by Gasteiger charge is 2.28. The predicted molar refractivity (Wildman–Crippen MR) is 126 cm³/mol. The fraction of sp³-hybridized carbons (Fsp3) is 0.286. The summed E-state index contributed by atoms with van der Waals surface area (Å²) >= 11 is 0. The number of para-hydroxylation sites is 1. The largest absolute Gasteiger partial charge is 0.492 e. The van der Waals surface area contributed by atoms with E-state index in [0.717, 1.165) is 30.2 Å². The number of nitrogens with zero attached hydrogens (tertiary/aromatic N) is 1. The van der Waals surface area contributed by atoms with Crippen LogP contribution < -0.4 is 9.47 Å². The minimum absolute atomic E-state index is 0.143. The molecule has 0 spiro atoms. The van der Waals surface area contributed by atoms with Gasteiger partial charge in [0.25, 0.3) is 0 Å². The summed E-state index contributed by atoms with van der Waals surface area (Å²) in [5.41, 5.74) is 6.00. The first-order valence-corrected chi connectivity index (χ1v) is 11.3. The maximum Gasteiger partial charge on any atom is 0.150 e. The fourth-order valence-corrected chi connectivity index (χ4v) is 4.66. The van der Waals surface area contributed by atoms with Gasteiger partial charge in [0, 0.05) is 17.7 Å². The summed E-state index contributed by atoms with van der Waals surface area (Å²) in [6, 6.07) is 27.3. The van der Waals surface area contributed by atoms with Gasteiger partial charge in [-0.05, 0) is 67.8 Å². The number of hydrogen-bond donors (Lipinski definition) is 0. The average Bonchev–Trinajstić information content (AvgIpc) is 3.34. The van der Waals surface area contributed by atoms with E-state index in [1.807, 2.05) is 6.07 Å². The van der Waals surface area contributed by atoms with E-state index in [1.165, 1.54) is 48.2 Å². The van der Waals surface area contributed by atoms with Crippen molar-refractivity contribution in [2.75, 3.05) is 26.2 Å². The zero-order valence-corrected chi connectivity index (χ0v) is 18.1. The molecule has 0 saturated carbocycles. The lowest BCUT2D eigenvalue weighted by molar-refractivity contribution is 0.237. The van der Waals surface area contributed by atoms with Gasteiger partial charge in [-0.3, -0.25) is 4.90 Å². The molecule has 2 heterocycles. The van der Waals surface area contributed by atoms with E-state index in [9.17, 15) is 0 Å². The second kappa shape index (κ2) is 8.99. The van der Waals surface area contributed by atoms with Crippen LogP contribution in [0.15, 0.2) is 78.9 Å². The number of allylic oxidation sites excluding steroid dienone is 1. The third kappa shape index (κ3) is 4.24. The van der Waals surface area contributed by atoms with E-state index in [0.29, 0.717) is 0 Å². The summed E-state index contributed by atoms with van der Waals surface area (Å²) in [6.07, 6.45) is 2.49. The average molecular weight is 412 g/mol. The van der Waals surface area contributed by atoms with E-state index >= 15 is 0 Å². The van der Waals surface area contributed by atoms with Crippen molar-refractivity contribution >= 4 is 11.1 Å². The Labute approximate surface area is 184 Å². The molecule has 3 nitrogen and oxygen atoms in total. The van der Waals surface area contributed by atoms with Crippen LogP contribution in [0, 0.1) is 0 Å². The highest BCUT2D eigenvalue weighted by Crippen LogP contribution is 2.46. The van der Waals surface area contributed by atoms with Crippen LogP contribution in [0.1, 0.15) is 42.6 Å². The van der Waals surface area contributed by atoms with Gasteiger partial charge in [0.15, 0.2) is 0 Å². The quantitative estimate of drug-likeness (QED) is 0.480. The Morgan fingerprint density at radius 1 is 0.871 bits per heavy atom. The molecule has 0 radical (unpaired) electrons. The first-order chi connectivity index (χ1) is 15.3. The molecular weight excluding hydrogens is 382 g/mol. The minimum atomic E-state index is -0.143. The van der Waals surface area contributed by atoms with Crippen molar-refractivity contribution in [3.8, 4) is 11.5 Å². The molecule has 0 N–H and O–H groups in total. The van der Waals surface area contributed by atoms with Crippen LogP contribution in [0.25, 0.3) is 11.1 Å². The normalized spacial score (nSPS) is 18.5. The summed E-state index contributed by atoms with van der Waals surface area (Å²) in [5, 5.41) is 0. The molecule has 3 aromatic rings. The predicted octanol–water partition coefficient (Wildman–Crippen LogP) is 6.23. The highest BCUT2D eigenvalue weighted by atomic mass is 16.5. The molecule has 0 bridgehead atoms. The molecule has 0 unspecified atom stereocenters. The molecular formula is C28H29NO2. The van der Waals surface area contributed by atoms with Crippen molar-refractivity contribution in [3.63, 3.8) is 0 Å². The molecule has 3 aromatic carbocycles. The van der Waals surface area contributed by atoms with E-state index in [-0.39, 0.29) is 6.10 Å². The Morgan fingerprint density at radius 2 is 1.58 bits per heavy atom. The lowest BCUT2D eigenvalue weighted by atomic mass is 9.86. The zero-order valence-electron chi connectivity index (χ0n) is 18.1. The molecule has 158 valence electrons. The van der Waals surface area contributed by atoms with Gasteiger partial charge in [0.1, 0.15) is 24.2 Å². The number of rotatable bonds is 6. The van der Waals surface area contributed by atoms with Gasteiger partial charge >= 0.3 is 0 Å². The minimum Gasteiger partial charge on any atom is -0.492 e. The Balaban J connectivity index is 1.39. The zero-order chi connectivity index (χ0) is 21.0. The molecule has 1 saturated heterocycles. The van der Waals surface area contributed by atoms with Crippen LogP contribution >= 0.6 is 0 Å². The first kappa shape index (κ1) is 19.9. The Kier molecular flexibility index (Phi) is 5.77. The van der Waals surface area contributed by atoms with Crippen LogP contribution in [0.4, 0.5) is 0 Å². The van der Waals surface area contributed by atoms with Gasteiger partial charge in [-0.2, -0.15) is 0 Å². The smallest absolute Gasteiger partial charge is 0.150 e. The highest BCUT2D eigenvalue weighted by molar-refractivity contribution is 5.95. The third-order valence-electron chi connectivity index (χ3n) is 6.34. The molecule has 31 heavy (non-hydrogen) atoms. The number of fused-ring (bicyclic) bond motifs is 1. The lowest BCUT2D eigenvalue weighted by Crippen LogP contribution is -2.25. The summed E-state index contributed by atoms with van der Waals surface area (Å²) in [7, 11) is 0. The lowest BCUT2D eigenvalue weighted by Gasteiger charge is -2.31. The molecule has 2 aliphatic heterocycles. The van der Waals surface area contributed by atoms with Crippen LogP contribution in [0.5, 0.6) is 11.5 Å². The molecule has 5 rings (SSSR count). The molecule has 3 heteroatoms. The van der Waals surface area contributed by atoms with Crippen LogP contribution in [-0.2, 0) is 0 Å². The van der Waals surface area contributed by atoms with Gasteiger partial charge in [0.2, 0.25) is 0 Å². The number of benzene rings is 3. The molecule has 0 aliphatic carbocycles. The summed E-state index contributed by atoms with van der Waals surface area (Å²) in [6.45, 7) is 6.35. The van der Waals surface area contributed by atoms with Gasteiger partial charge in [-0.25, -0.2) is 0 Å². The van der Waals surface area contributed by atoms with E-state index < -0.39 is 0 Å². The maximum atomic E-state index is 6.54. The van der Waals surface area contributed by atoms with Crippen molar-refractivity contribution in [1.82, 2.24) is 4.90 Å². The van der Waals surface area contributed by atoms with Crippen LogP contribution in [0.3, 0.4) is 0 Å². The van der Waals surface area contributed by atoms with E-state index in [1.54, 1.807) is 0 Å². The number of hydrogen-bond acceptors (Lipinski definition) is 3. The van der Waals surface area contributed by atoms with Gasteiger partial charge in [-0.1, -0.05) is 60.7 Å². The van der Waals surface area contributed by atoms with Crippen molar-refractivity contribution in [2.24, 2.45) is 0 Å². The SMILES string of the molecule is CC1=C(c2ccccc2)[C@H](c2ccc(OCCN3CCCC3)cc2)Oc2ccccc21. The molecule has 0 aromatic heterocycles. The number of ether oxygens (including phenoxy) is 2. The summed E-state index contributed by atoms with van der Waals surface area (Å²) in [5.74, 6) is 1.86. The molecule has 1 fully saturated rings. The Hall–Kier alpha value is -3.04. The van der Waals surface area contributed by atoms with Crippen molar-refractivity contribution in [2.45, 2.75) is 25.9 Å². The molecule has 0 amide bonds. The van der Waals surface area contributed by atoms with Gasteiger partial charge < -0.3 is 9.47 Å². The van der Waals surface area contributed by atoms with Crippen molar-refractivity contribution in [3.05, 3.63) is 95.6 Å².